The van der Waals surface area contributed by atoms with Crippen LogP contribution in [0.4, 0.5) is 8.78 Å². The Bertz CT molecular complexity index is 1720. The highest BCUT2D eigenvalue weighted by Crippen LogP contribution is 2.35. The van der Waals surface area contributed by atoms with Gasteiger partial charge in [0.2, 0.25) is 28.6 Å². The van der Waals surface area contributed by atoms with E-state index in [4.69, 9.17) is 9.47 Å². The van der Waals surface area contributed by atoms with Crippen LogP contribution in [0.5, 0.6) is 11.5 Å². The number of aliphatic hydroxyl groups is 1. The molecule has 0 saturated carbocycles. The maximum absolute atomic E-state index is 14.0. The van der Waals surface area contributed by atoms with Crippen molar-refractivity contribution in [1.82, 2.24) is 20.3 Å². The summed E-state index contributed by atoms with van der Waals surface area (Å²) in [7, 11) is -4.12. The van der Waals surface area contributed by atoms with Crippen LogP contribution in [0.2, 0.25) is 0 Å². The molecule has 3 aromatic rings. The van der Waals surface area contributed by atoms with Gasteiger partial charge in [0.25, 0.3) is 0 Å². The maximum Gasteiger partial charge on any atom is 0.243 e. The molecule has 0 radical (unpaired) electrons. The molecule has 3 aromatic carbocycles. The van der Waals surface area contributed by atoms with Crippen LogP contribution in [0.15, 0.2) is 71.6 Å². The average Bonchev–Trinajstić information content (AvgIpc) is 3.52. The molecular formula is C36H46F2N4O7S. The minimum absolute atomic E-state index is 0.0195. The summed E-state index contributed by atoms with van der Waals surface area (Å²) in [4.78, 5) is 26.8. The smallest absolute Gasteiger partial charge is 0.243 e. The lowest BCUT2D eigenvalue weighted by molar-refractivity contribution is -0.132. The minimum atomic E-state index is -4.12. The monoisotopic (exact) mass is 716 g/mol. The summed E-state index contributed by atoms with van der Waals surface area (Å²) >= 11 is 0. The highest BCUT2D eigenvalue weighted by atomic mass is 32.2. The molecule has 0 saturated heterocycles. The molecule has 0 spiro atoms. The Balaban J connectivity index is 1.52. The van der Waals surface area contributed by atoms with E-state index in [0.717, 1.165) is 17.7 Å². The van der Waals surface area contributed by atoms with Crippen molar-refractivity contribution in [3.8, 4) is 11.5 Å². The van der Waals surface area contributed by atoms with Crippen molar-refractivity contribution in [2.24, 2.45) is 11.3 Å². The molecule has 1 heterocycles. The summed E-state index contributed by atoms with van der Waals surface area (Å²) in [6.07, 6.45) is -1.20. The van der Waals surface area contributed by atoms with E-state index in [0.29, 0.717) is 11.5 Å². The number of hydrogen-bond acceptors (Lipinski definition) is 8. The molecule has 1 aliphatic rings. The lowest BCUT2D eigenvalue weighted by atomic mass is 9.85. The van der Waals surface area contributed by atoms with E-state index in [1.165, 1.54) is 28.6 Å². The number of aliphatic hydroxyl groups excluding tert-OH is 1. The zero-order valence-corrected chi connectivity index (χ0v) is 29.7. The highest BCUT2D eigenvalue weighted by molar-refractivity contribution is 7.89. The first-order valence-corrected chi connectivity index (χ1v) is 17.9. The van der Waals surface area contributed by atoms with Crippen LogP contribution in [0.3, 0.4) is 0 Å². The van der Waals surface area contributed by atoms with Crippen LogP contribution >= 0.6 is 0 Å². The number of halogens is 2. The van der Waals surface area contributed by atoms with Crippen molar-refractivity contribution in [3.63, 3.8) is 0 Å². The van der Waals surface area contributed by atoms with Gasteiger partial charge in [-0.1, -0.05) is 71.0 Å². The van der Waals surface area contributed by atoms with Crippen LogP contribution in [-0.2, 0) is 32.6 Å². The Morgan fingerprint density at radius 3 is 2.22 bits per heavy atom. The lowest BCUT2D eigenvalue weighted by Gasteiger charge is -2.34. The fraction of sp³-hybridized carbons (Fsp3) is 0.444. The molecule has 0 bridgehead atoms. The van der Waals surface area contributed by atoms with Crippen molar-refractivity contribution in [3.05, 3.63) is 89.5 Å². The Morgan fingerprint density at radius 2 is 1.58 bits per heavy atom. The molecule has 272 valence electrons. The number of benzene rings is 3. The molecule has 50 heavy (non-hydrogen) atoms. The first-order chi connectivity index (χ1) is 23.6. The van der Waals surface area contributed by atoms with Gasteiger partial charge in [-0.3, -0.25) is 9.59 Å². The number of sulfonamides is 1. The predicted octanol–water partition coefficient (Wildman–Crippen LogP) is 3.75. The number of hydrogen-bond donors (Lipinski definition) is 4. The standard InChI is InChI=1S/C36H46F2N4O7S/c1-23(2)20-42(50(46,47)25-14-15-31-32(17-25)49-22-48-31)21-30(43)29(16-24-10-7-6-8-11-24)40-35(45)34(36(3,4)5)41-33(44)19-39-18-26-27(37)12-9-13-28(26)38/h6-15,17,23,29-30,34,39,43H,16,18-22H2,1-5H3,(H,40,45)(H,41,44)/t29?,30?,34-/m1/s1. The van der Waals surface area contributed by atoms with Crippen LogP contribution in [0.1, 0.15) is 45.7 Å². The van der Waals surface area contributed by atoms with Gasteiger partial charge in [0, 0.05) is 31.3 Å². The van der Waals surface area contributed by atoms with E-state index in [-0.39, 0.29) is 55.8 Å². The topological polar surface area (TPSA) is 146 Å². The molecule has 0 fully saturated rings. The second-order valence-electron chi connectivity index (χ2n) is 13.8. The highest BCUT2D eigenvalue weighted by Gasteiger charge is 2.37. The Kier molecular flexibility index (Phi) is 12.9. The zero-order valence-electron chi connectivity index (χ0n) is 28.9. The third-order valence-corrected chi connectivity index (χ3v) is 9.94. The van der Waals surface area contributed by atoms with Gasteiger partial charge < -0.3 is 30.5 Å². The Labute approximate surface area is 292 Å². The van der Waals surface area contributed by atoms with Gasteiger partial charge in [-0.15, -0.1) is 0 Å². The quantitative estimate of drug-likeness (QED) is 0.176. The second-order valence-corrected chi connectivity index (χ2v) is 15.7. The number of amides is 2. The summed E-state index contributed by atoms with van der Waals surface area (Å²) in [5, 5.41) is 20.0. The van der Waals surface area contributed by atoms with Gasteiger partial charge in [0.05, 0.1) is 23.6 Å². The summed E-state index contributed by atoms with van der Waals surface area (Å²) in [6.45, 7) is 8.14. The summed E-state index contributed by atoms with van der Waals surface area (Å²) in [6, 6.07) is 14.9. The molecule has 4 rings (SSSR count). The summed E-state index contributed by atoms with van der Waals surface area (Å²) < 4.78 is 67.8. The molecule has 4 N–H and O–H groups in total. The first kappa shape index (κ1) is 38.7. The van der Waals surface area contributed by atoms with E-state index in [9.17, 15) is 31.9 Å². The summed E-state index contributed by atoms with van der Waals surface area (Å²) in [5.41, 5.74) is -0.228. The molecule has 0 aliphatic carbocycles. The number of nitrogens with one attached hydrogen (secondary N) is 3. The molecule has 14 heteroatoms. The number of rotatable bonds is 16. The first-order valence-electron chi connectivity index (χ1n) is 16.4. The number of carbonyl (C=O) groups is 2. The van der Waals surface area contributed by atoms with E-state index < -0.39 is 57.1 Å². The fourth-order valence-electron chi connectivity index (χ4n) is 5.51. The van der Waals surface area contributed by atoms with E-state index in [1.54, 1.807) is 20.8 Å². The molecule has 1 aliphatic heterocycles. The lowest BCUT2D eigenvalue weighted by Crippen LogP contribution is -2.59. The van der Waals surface area contributed by atoms with E-state index >= 15 is 0 Å². The Morgan fingerprint density at radius 1 is 0.920 bits per heavy atom. The van der Waals surface area contributed by atoms with Crippen LogP contribution in [0.25, 0.3) is 0 Å². The number of ether oxygens (including phenoxy) is 2. The molecule has 11 nitrogen and oxygen atoms in total. The number of carbonyl (C=O) groups excluding carboxylic acids is 2. The maximum atomic E-state index is 14.0. The van der Waals surface area contributed by atoms with Gasteiger partial charge >= 0.3 is 0 Å². The largest absolute Gasteiger partial charge is 0.454 e. The van der Waals surface area contributed by atoms with Crippen molar-refractivity contribution < 1.29 is 41.4 Å². The predicted molar refractivity (Wildman–Crippen MR) is 184 cm³/mol. The number of fused-ring (bicyclic) bond motifs is 1. The Hall–Kier alpha value is -4.11. The van der Waals surface area contributed by atoms with Crippen molar-refractivity contribution in [2.45, 2.75) is 70.7 Å². The number of nitrogens with zero attached hydrogens (tertiary/aromatic N) is 1. The molecule has 0 aromatic heterocycles. The van der Waals surface area contributed by atoms with Crippen LogP contribution < -0.4 is 25.4 Å². The average molecular weight is 717 g/mol. The molecular weight excluding hydrogens is 670 g/mol. The third kappa shape index (κ3) is 10.2. The third-order valence-electron chi connectivity index (χ3n) is 8.11. The fourth-order valence-corrected chi connectivity index (χ4v) is 7.14. The van der Waals surface area contributed by atoms with Crippen molar-refractivity contribution in [1.29, 1.82) is 0 Å². The summed E-state index contributed by atoms with van der Waals surface area (Å²) in [5.74, 6) is -2.05. The van der Waals surface area contributed by atoms with Gasteiger partial charge in [-0.2, -0.15) is 4.31 Å². The van der Waals surface area contributed by atoms with Crippen LogP contribution in [-0.4, -0.2) is 74.3 Å². The van der Waals surface area contributed by atoms with Crippen molar-refractivity contribution >= 4 is 21.8 Å². The minimum Gasteiger partial charge on any atom is -0.454 e. The molecule has 2 amide bonds. The molecule has 2 unspecified atom stereocenters. The van der Waals surface area contributed by atoms with Gasteiger partial charge in [0.1, 0.15) is 17.7 Å². The van der Waals surface area contributed by atoms with Gasteiger partial charge in [-0.25, -0.2) is 17.2 Å². The van der Waals surface area contributed by atoms with Crippen LogP contribution in [0, 0.1) is 23.0 Å². The second kappa shape index (κ2) is 16.7. The zero-order chi connectivity index (χ0) is 36.6. The normalized spacial score (nSPS) is 14.8. The van der Waals surface area contributed by atoms with Gasteiger partial charge in [-0.05, 0) is 47.6 Å². The van der Waals surface area contributed by atoms with Gasteiger partial charge in [0.15, 0.2) is 11.5 Å². The van der Waals surface area contributed by atoms with E-state index in [1.807, 2.05) is 44.2 Å². The van der Waals surface area contributed by atoms with Crippen molar-refractivity contribution in [2.75, 3.05) is 26.4 Å². The SMILES string of the molecule is CC(C)CN(CC(O)C(Cc1ccccc1)NC(=O)[C@@H](NC(=O)CNCc1c(F)cccc1F)C(C)(C)C)S(=O)(=O)c1ccc2c(c1)OCO2. The van der Waals surface area contributed by atoms with E-state index in [2.05, 4.69) is 16.0 Å². The molecule has 3 atom stereocenters.